The van der Waals surface area contributed by atoms with Crippen LogP contribution in [0.15, 0.2) is 29.3 Å². The predicted molar refractivity (Wildman–Crippen MR) is 60.6 cm³/mol. The highest BCUT2D eigenvalue weighted by molar-refractivity contribution is 5.71. The highest BCUT2D eigenvalue weighted by Crippen LogP contribution is 2.06. The first kappa shape index (κ1) is 14.3. The Morgan fingerprint density at radius 2 is 2.00 bits per heavy atom. The molecule has 0 aliphatic rings. The van der Waals surface area contributed by atoms with E-state index in [2.05, 4.69) is 4.99 Å². The van der Waals surface area contributed by atoms with Crippen LogP contribution in [0.4, 0.5) is 8.78 Å². The van der Waals surface area contributed by atoms with Crippen LogP contribution in [0.2, 0.25) is 0 Å². The van der Waals surface area contributed by atoms with Crippen LogP contribution in [-0.2, 0) is 11.2 Å². The zero-order chi connectivity index (χ0) is 12.4. The van der Waals surface area contributed by atoms with Crippen molar-refractivity contribution in [2.75, 3.05) is 20.8 Å². The van der Waals surface area contributed by atoms with Gasteiger partial charge in [-0.3, -0.25) is 4.39 Å². The molecule has 1 rings (SSSR count). The Labute approximate surface area is 93.9 Å². The Bertz CT molecular complexity index is 330. The first-order valence-electron chi connectivity index (χ1n) is 4.70. The minimum atomic E-state index is -0.219. The van der Waals surface area contributed by atoms with E-state index in [1.54, 1.807) is 25.2 Å². The molecule has 0 aliphatic heterocycles. The Kier molecular flexibility index (Phi) is 7.75. The van der Waals surface area contributed by atoms with E-state index in [1.807, 2.05) is 0 Å². The van der Waals surface area contributed by atoms with E-state index >= 15 is 0 Å². The second kappa shape index (κ2) is 8.64. The summed E-state index contributed by atoms with van der Waals surface area (Å²) in [6.45, 7) is 0.337. The fourth-order valence-electron chi connectivity index (χ4n) is 1.03. The number of hydrogen-bond donors (Lipinski definition) is 1. The van der Waals surface area contributed by atoms with Crippen LogP contribution in [0.3, 0.4) is 0 Å². The molecule has 0 atom stereocenters. The smallest absolute Gasteiger partial charge is 0.281 e. The van der Waals surface area contributed by atoms with Crippen LogP contribution in [0.5, 0.6) is 0 Å². The molecule has 0 aliphatic carbocycles. The van der Waals surface area contributed by atoms with E-state index in [0.717, 1.165) is 0 Å². The van der Waals surface area contributed by atoms with Gasteiger partial charge in [0.05, 0.1) is 13.8 Å². The number of alkyl halides is 1. The van der Waals surface area contributed by atoms with Crippen molar-refractivity contribution in [1.82, 2.24) is 0 Å². The monoisotopic (exact) mass is 230 g/mol. The number of ether oxygens (including phenoxy) is 1. The van der Waals surface area contributed by atoms with Gasteiger partial charge in [0, 0.05) is 13.5 Å². The number of benzene rings is 1. The average molecular weight is 230 g/mol. The van der Waals surface area contributed by atoms with Crippen LogP contribution in [0.1, 0.15) is 5.56 Å². The van der Waals surface area contributed by atoms with Crippen molar-refractivity contribution in [3.05, 3.63) is 35.6 Å². The van der Waals surface area contributed by atoms with Gasteiger partial charge in [0.2, 0.25) is 0 Å². The third kappa shape index (κ3) is 5.29. The molecule has 90 valence electrons. The first-order chi connectivity index (χ1) is 7.74. The minimum Gasteiger partial charge on any atom is -0.465 e. The standard InChI is InChI=1S/C10H13FN2O.CH3F/c1-13-10(12)14-7-6-8-4-2-3-5-9(8)11;1-2/h2-5H,6-7H2,1H3,(H2,12,13);1H3. The van der Waals surface area contributed by atoms with Gasteiger partial charge in [-0.2, -0.15) is 0 Å². The van der Waals surface area contributed by atoms with Gasteiger partial charge >= 0.3 is 0 Å². The van der Waals surface area contributed by atoms with E-state index in [-0.39, 0.29) is 11.8 Å². The number of nitrogens with two attached hydrogens (primary N) is 1. The van der Waals surface area contributed by atoms with Gasteiger partial charge in [0.15, 0.2) is 0 Å². The van der Waals surface area contributed by atoms with Crippen molar-refractivity contribution in [3.63, 3.8) is 0 Å². The Hall–Kier alpha value is -1.65. The van der Waals surface area contributed by atoms with Gasteiger partial charge in [-0.1, -0.05) is 18.2 Å². The lowest BCUT2D eigenvalue weighted by atomic mass is 10.1. The molecule has 16 heavy (non-hydrogen) atoms. The van der Waals surface area contributed by atoms with Crippen LogP contribution >= 0.6 is 0 Å². The molecule has 0 unspecified atom stereocenters. The third-order valence-electron chi connectivity index (χ3n) is 1.80. The second-order valence-electron chi connectivity index (χ2n) is 2.75. The van der Waals surface area contributed by atoms with Gasteiger partial charge in [0.25, 0.3) is 6.02 Å². The summed E-state index contributed by atoms with van der Waals surface area (Å²) in [5.41, 5.74) is 5.93. The van der Waals surface area contributed by atoms with Crippen molar-refractivity contribution in [3.8, 4) is 0 Å². The molecule has 1 aromatic carbocycles. The van der Waals surface area contributed by atoms with E-state index in [0.29, 0.717) is 25.8 Å². The van der Waals surface area contributed by atoms with Crippen molar-refractivity contribution in [1.29, 1.82) is 0 Å². The van der Waals surface area contributed by atoms with E-state index < -0.39 is 0 Å². The number of aliphatic imine (C=N–C) groups is 1. The summed E-state index contributed by atoms with van der Waals surface area (Å²) in [4.78, 5) is 3.62. The molecule has 2 N–H and O–H groups in total. The largest absolute Gasteiger partial charge is 0.465 e. The molecule has 3 nitrogen and oxygen atoms in total. The summed E-state index contributed by atoms with van der Waals surface area (Å²) in [6, 6.07) is 6.71. The van der Waals surface area contributed by atoms with Crippen LogP contribution in [0, 0.1) is 5.82 Å². The SMILES string of the molecule is CF.CN=C(N)OCCc1ccccc1F. The summed E-state index contributed by atoms with van der Waals surface area (Å²) in [7, 11) is 2.04. The maximum absolute atomic E-state index is 13.1. The topological polar surface area (TPSA) is 47.6 Å². The van der Waals surface area contributed by atoms with E-state index in [4.69, 9.17) is 10.5 Å². The molecule has 0 fully saturated rings. The fraction of sp³-hybridized carbons (Fsp3) is 0.364. The lowest BCUT2D eigenvalue weighted by molar-refractivity contribution is 0.301. The Balaban J connectivity index is 0.00000106. The van der Waals surface area contributed by atoms with E-state index in [1.165, 1.54) is 6.07 Å². The highest BCUT2D eigenvalue weighted by Gasteiger charge is 2.00. The van der Waals surface area contributed by atoms with Crippen LogP contribution in [-0.4, -0.2) is 26.9 Å². The third-order valence-corrected chi connectivity index (χ3v) is 1.80. The van der Waals surface area contributed by atoms with Crippen molar-refractivity contribution in [2.45, 2.75) is 6.42 Å². The fourth-order valence-corrected chi connectivity index (χ4v) is 1.03. The second-order valence-corrected chi connectivity index (χ2v) is 2.75. The molecule has 0 heterocycles. The molecular weight excluding hydrogens is 214 g/mol. The maximum atomic E-state index is 13.1. The van der Waals surface area contributed by atoms with Gasteiger partial charge in [-0.25, -0.2) is 9.38 Å². The number of nitrogens with zero attached hydrogens (tertiary/aromatic N) is 1. The summed E-state index contributed by atoms with van der Waals surface area (Å²) in [6.07, 6.45) is 0.489. The average Bonchev–Trinajstić information content (AvgIpc) is 2.34. The molecule has 0 radical (unpaired) electrons. The molecule has 0 bridgehead atoms. The Morgan fingerprint density at radius 3 is 2.56 bits per heavy atom. The molecule has 5 heteroatoms. The lowest BCUT2D eigenvalue weighted by Crippen LogP contribution is -2.17. The van der Waals surface area contributed by atoms with Gasteiger partial charge in [-0.05, 0) is 11.6 Å². The molecule has 1 aromatic rings. The van der Waals surface area contributed by atoms with Crippen LogP contribution < -0.4 is 5.73 Å². The zero-order valence-electron chi connectivity index (χ0n) is 9.41. The number of halogens is 2. The maximum Gasteiger partial charge on any atom is 0.281 e. The van der Waals surface area contributed by atoms with Crippen molar-refractivity contribution in [2.24, 2.45) is 10.7 Å². The zero-order valence-corrected chi connectivity index (χ0v) is 9.41. The highest BCUT2D eigenvalue weighted by atomic mass is 19.1. The molecule has 0 saturated carbocycles. The first-order valence-corrected chi connectivity index (χ1v) is 4.70. The normalized spacial score (nSPS) is 10.4. The lowest BCUT2D eigenvalue weighted by Gasteiger charge is -2.04. The van der Waals surface area contributed by atoms with Gasteiger partial charge < -0.3 is 10.5 Å². The van der Waals surface area contributed by atoms with Gasteiger partial charge in [-0.15, -0.1) is 0 Å². The van der Waals surface area contributed by atoms with Crippen molar-refractivity contribution < 1.29 is 13.5 Å². The Morgan fingerprint density at radius 1 is 1.38 bits per heavy atom. The molecule has 0 saturated heterocycles. The summed E-state index contributed by atoms with van der Waals surface area (Å²) in [5, 5.41) is 0. The van der Waals surface area contributed by atoms with Gasteiger partial charge in [0.1, 0.15) is 5.82 Å². The molecule has 0 amide bonds. The number of amidine groups is 1. The quantitative estimate of drug-likeness (QED) is 0.637. The predicted octanol–water partition coefficient (Wildman–Crippen LogP) is 1.92. The summed E-state index contributed by atoms with van der Waals surface area (Å²) >= 11 is 0. The van der Waals surface area contributed by atoms with Crippen LogP contribution in [0.25, 0.3) is 0 Å². The number of hydrogen-bond acceptors (Lipinski definition) is 2. The summed E-state index contributed by atoms with van der Waals surface area (Å²) < 4.78 is 27.6. The minimum absolute atomic E-state index is 0.126. The number of rotatable bonds is 3. The van der Waals surface area contributed by atoms with E-state index in [9.17, 15) is 8.78 Å². The van der Waals surface area contributed by atoms with Crippen molar-refractivity contribution >= 4 is 6.02 Å². The summed E-state index contributed by atoms with van der Waals surface area (Å²) in [5.74, 6) is -0.219. The molecule has 0 spiro atoms. The molecule has 0 aromatic heterocycles. The molecular formula is C11H16F2N2O.